The zero-order valence-electron chi connectivity index (χ0n) is 18.2. The predicted molar refractivity (Wildman–Crippen MR) is 116 cm³/mol. The van der Waals surface area contributed by atoms with Crippen LogP contribution in [0.1, 0.15) is 30.0 Å². The normalized spacial score (nSPS) is 15.2. The summed E-state index contributed by atoms with van der Waals surface area (Å²) in [6.45, 7) is 4.31. The zero-order valence-corrected chi connectivity index (χ0v) is 18.2. The first-order valence-electron chi connectivity index (χ1n) is 10.6. The highest BCUT2D eigenvalue weighted by Gasteiger charge is 2.29. The van der Waals surface area contributed by atoms with Crippen LogP contribution < -0.4 is 10.2 Å². The quantitative estimate of drug-likeness (QED) is 0.451. The molecule has 0 aliphatic carbocycles. The Morgan fingerprint density at radius 3 is 2.36 bits per heavy atom. The number of amides is 1. The molecule has 1 fully saturated rings. The number of nitrogens with one attached hydrogen (secondary N) is 1. The van der Waals surface area contributed by atoms with Crippen LogP contribution in [0.25, 0.3) is 0 Å². The molecule has 1 aliphatic rings. The van der Waals surface area contributed by atoms with E-state index in [1.165, 1.54) is 12.1 Å². The van der Waals surface area contributed by atoms with Crippen molar-refractivity contribution in [3.63, 3.8) is 0 Å². The Hall–Kier alpha value is -3.11. The van der Waals surface area contributed by atoms with Crippen molar-refractivity contribution in [1.82, 2.24) is 10.4 Å². The topological polar surface area (TPSA) is 72.4 Å². The van der Waals surface area contributed by atoms with E-state index < -0.39 is 11.7 Å². The number of benzene rings is 2. The van der Waals surface area contributed by atoms with Crippen molar-refractivity contribution in [1.29, 1.82) is 0 Å². The molecule has 1 heterocycles. The van der Waals surface area contributed by atoms with E-state index in [1.807, 2.05) is 6.92 Å². The maximum atomic E-state index is 12.6. The summed E-state index contributed by atoms with van der Waals surface area (Å²) in [5.74, 6) is 0.297. The summed E-state index contributed by atoms with van der Waals surface area (Å²) in [5.41, 5.74) is 4.15. The fraction of sp³-hybridized carbons (Fsp3) is 0.391. The van der Waals surface area contributed by atoms with Crippen LogP contribution >= 0.6 is 0 Å². The lowest BCUT2D eigenvalue weighted by molar-refractivity contribution is -0.137. The van der Waals surface area contributed by atoms with Gasteiger partial charge in [0, 0.05) is 13.1 Å². The van der Waals surface area contributed by atoms with Gasteiger partial charge in [-0.05, 0) is 53.9 Å². The molecule has 0 spiro atoms. The molecule has 2 aromatic carbocycles. The number of carbonyl (C=O) groups is 1. The summed E-state index contributed by atoms with van der Waals surface area (Å²) in [6, 6.07) is 11.8. The van der Waals surface area contributed by atoms with Crippen molar-refractivity contribution < 1.29 is 32.3 Å². The van der Waals surface area contributed by atoms with Crippen LogP contribution in [-0.4, -0.2) is 49.5 Å². The largest absolute Gasteiger partial charge is 0.484 e. The molecule has 1 saturated heterocycles. The van der Waals surface area contributed by atoms with Crippen molar-refractivity contribution in [2.75, 3.05) is 32.9 Å². The molecule has 7 nitrogen and oxygen atoms in total. The monoisotopic (exact) mass is 465 g/mol. The van der Waals surface area contributed by atoms with Gasteiger partial charge in [-0.3, -0.25) is 10.2 Å². The van der Waals surface area contributed by atoms with Crippen molar-refractivity contribution in [3.8, 4) is 5.75 Å². The molecule has 33 heavy (non-hydrogen) atoms. The van der Waals surface area contributed by atoms with Crippen molar-refractivity contribution in [3.05, 3.63) is 65.2 Å². The summed E-state index contributed by atoms with van der Waals surface area (Å²) in [4.78, 5) is 17.3. The van der Waals surface area contributed by atoms with Gasteiger partial charge in [-0.2, -0.15) is 13.2 Å². The van der Waals surface area contributed by atoms with Crippen LogP contribution in [0, 0.1) is 0 Å². The molecule has 178 valence electrons. The number of hydrogen-bond acceptors (Lipinski definition) is 6. The van der Waals surface area contributed by atoms with E-state index in [2.05, 4.69) is 10.6 Å². The van der Waals surface area contributed by atoms with Crippen LogP contribution in [0.3, 0.4) is 0 Å². The second-order valence-corrected chi connectivity index (χ2v) is 7.31. The molecule has 0 radical (unpaired) electrons. The second kappa shape index (κ2) is 11.7. The fourth-order valence-corrected chi connectivity index (χ4v) is 3.07. The Labute approximate surface area is 190 Å². The highest BCUT2D eigenvalue weighted by Crippen LogP contribution is 2.29. The molecule has 0 atom stereocenters. The standard InChI is InChI=1S/C23H26F3N3O4/c1-2-21(28-33-15-17-3-7-19(8-4-17)23(24,25)26)18-5-9-20(10-6-18)32-16-22(30)27-29-11-13-31-14-12-29/h3-10H,2,11-16H2,1H3,(H,27,30). The maximum Gasteiger partial charge on any atom is 0.416 e. The van der Waals surface area contributed by atoms with E-state index in [4.69, 9.17) is 14.3 Å². The number of oxime groups is 1. The van der Waals surface area contributed by atoms with E-state index in [9.17, 15) is 18.0 Å². The number of carbonyl (C=O) groups excluding carboxylic acids is 1. The third-order valence-electron chi connectivity index (χ3n) is 4.87. The average molecular weight is 465 g/mol. The summed E-state index contributed by atoms with van der Waals surface area (Å²) >= 11 is 0. The minimum Gasteiger partial charge on any atom is -0.484 e. The highest BCUT2D eigenvalue weighted by molar-refractivity contribution is 6.00. The van der Waals surface area contributed by atoms with Crippen LogP contribution in [0.15, 0.2) is 53.7 Å². The zero-order chi connectivity index (χ0) is 23.7. The van der Waals surface area contributed by atoms with Crippen LogP contribution in [-0.2, 0) is 27.2 Å². The number of nitrogens with zero attached hydrogens (tertiary/aromatic N) is 2. The molecule has 10 heteroatoms. The molecule has 0 bridgehead atoms. The smallest absolute Gasteiger partial charge is 0.416 e. The molecule has 1 N–H and O–H groups in total. The predicted octanol–water partition coefficient (Wildman–Crippen LogP) is 3.78. The number of ether oxygens (including phenoxy) is 2. The van der Waals surface area contributed by atoms with E-state index in [1.54, 1.807) is 29.3 Å². The molecule has 3 rings (SSSR count). The lowest BCUT2D eigenvalue weighted by atomic mass is 10.1. The van der Waals surface area contributed by atoms with Gasteiger partial charge in [0.15, 0.2) is 6.61 Å². The number of alkyl halides is 3. The van der Waals surface area contributed by atoms with Gasteiger partial charge in [-0.15, -0.1) is 0 Å². The Morgan fingerprint density at radius 2 is 1.76 bits per heavy atom. The van der Waals surface area contributed by atoms with Crippen LogP contribution in [0.4, 0.5) is 13.2 Å². The SMILES string of the molecule is CCC(=NOCc1ccc(C(F)(F)F)cc1)c1ccc(OCC(=O)NN2CCOCC2)cc1. The maximum absolute atomic E-state index is 12.6. The third-order valence-corrected chi connectivity index (χ3v) is 4.87. The first kappa shape index (κ1) is 24.5. The van der Waals surface area contributed by atoms with Gasteiger partial charge >= 0.3 is 6.18 Å². The number of hydrogen-bond donors (Lipinski definition) is 1. The molecule has 0 unspecified atom stereocenters. The van der Waals surface area contributed by atoms with Crippen molar-refractivity contribution >= 4 is 11.6 Å². The lowest BCUT2D eigenvalue weighted by Gasteiger charge is -2.26. The highest BCUT2D eigenvalue weighted by atomic mass is 19.4. The number of hydrazine groups is 1. The molecule has 2 aromatic rings. The minimum atomic E-state index is -4.37. The Kier molecular flexibility index (Phi) is 8.67. The van der Waals surface area contributed by atoms with Gasteiger partial charge in [0.2, 0.25) is 0 Å². The molecule has 0 saturated carbocycles. The number of rotatable bonds is 9. The van der Waals surface area contributed by atoms with Gasteiger partial charge in [0.1, 0.15) is 12.4 Å². The molecule has 1 aliphatic heterocycles. The molecule has 1 amide bonds. The Morgan fingerprint density at radius 1 is 1.09 bits per heavy atom. The first-order chi connectivity index (χ1) is 15.8. The summed E-state index contributed by atoms with van der Waals surface area (Å²) in [5, 5.41) is 5.92. The van der Waals surface area contributed by atoms with Crippen LogP contribution in [0.5, 0.6) is 5.75 Å². The Balaban J connectivity index is 1.48. The van der Waals surface area contributed by atoms with Gasteiger partial charge in [-0.25, -0.2) is 5.01 Å². The Bertz CT molecular complexity index is 925. The lowest BCUT2D eigenvalue weighted by Crippen LogP contribution is -2.49. The number of morpholine rings is 1. The van der Waals surface area contributed by atoms with E-state index >= 15 is 0 Å². The average Bonchev–Trinajstić information content (AvgIpc) is 2.81. The second-order valence-electron chi connectivity index (χ2n) is 7.31. The fourth-order valence-electron chi connectivity index (χ4n) is 3.07. The van der Waals surface area contributed by atoms with Crippen molar-refractivity contribution in [2.24, 2.45) is 5.16 Å². The van der Waals surface area contributed by atoms with Gasteiger partial charge < -0.3 is 14.3 Å². The van der Waals surface area contributed by atoms with Gasteiger partial charge in [0.25, 0.3) is 5.91 Å². The first-order valence-corrected chi connectivity index (χ1v) is 10.6. The number of halogens is 3. The van der Waals surface area contributed by atoms with Gasteiger partial charge in [0.05, 0.1) is 24.5 Å². The third kappa shape index (κ3) is 7.76. The minimum absolute atomic E-state index is 0.0566. The van der Waals surface area contributed by atoms with Crippen LogP contribution in [0.2, 0.25) is 0 Å². The van der Waals surface area contributed by atoms with E-state index in [0.717, 1.165) is 17.7 Å². The summed E-state index contributed by atoms with van der Waals surface area (Å²) < 4.78 is 48.7. The summed E-state index contributed by atoms with van der Waals surface area (Å²) in [6.07, 6.45) is -3.77. The van der Waals surface area contributed by atoms with Gasteiger partial charge in [-0.1, -0.05) is 24.2 Å². The molecule has 0 aromatic heterocycles. The van der Waals surface area contributed by atoms with E-state index in [0.29, 0.717) is 49.7 Å². The molecular formula is C23H26F3N3O4. The summed E-state index contributed by atoms with van der Waals surface area (Å²) in [7, 11) is 0. The molecular weight excluding hydrogens is 439 g/mol. The van der Waals surface area contributed by atoms with E-state index in [-0.39, 0.29) is 19.1 Å². The van der Waals surface area contributed by atoms with Crippen molar-refractivity contribution in [2.45, 2.75) is 26.1 Å².